The fraction of sp³-hybridized carbons (Fsp3) is 0.875. The van der Waals surface area contributed by atoms with Gasteiger partial charge in [-0.1, -0.05) is 20.8 Å². The van der Waals surface area contributed by atoms with Crippen LogP contribution in [0.15, 0.2) is 0 Å². The molecular formula is C16H34Cl2N4O2. The smallest absolute Gasteiger partial charge is 0.241 e. The predicted molar refractivity (Wildman–Crippen MR) is 103 cm³/mol. The van der Waals surface area contributed by atoms with Gasteiger partial charge in [-0.25, -0.2) is 0 Å². The zero-order chi connectivity index (χ0) is 16.7. The average molecular weight is 385 g/mol. The van der Waals surface area contributed by atoms with Crippen LogP contribution in [0.1, 0.15) is 40.0 Å². The van der Waals surface area contributed by atoms with Gasteiger partial charge in [-0.2, -0.15) is 0 Å². The topological polar surface area (TPSA) is 78.7 Å². The van der Waals surface area contributed by atoms with Crippen molar-refractivity contribution in [2.75, 3.05) is 33.2 Å². The second-order valence-corrected chi connectivity index (χ2v) is 6.57. The Morgan fingerprint density at radius 2 is 1.79 bits per heavy atom. The summed E-state index contributed by atoms with van der Waals surface area (Å²) in [5, 5.41) is 2.65. The summed E-state index contributed by atoms with van der Waals surface area (Å²) < 4.78 is 0. The molecule has 0 aliphatic carbocycles. The van der Waals surface area contributed by atoms with Crippen molar-refractivity contribution in [1.82, 2.24) is 15.1 Å². The lowest BCUT2D eigenvalue weighted by Gasteiger charge is -2.36. The third-order valence-electron chi connectivity index (χ3n) is 4.47. The van der Waals surface area contributed by atoms with Gasteiger partial charge >= 0.3 is 0 Å². The van der Waals surface area contributed by atoms with Crippen LogP contribution in [0.2, 0.25) is 0 Å². The van der Waals surface area contributed by atoms with Crippen LogP contribution in [0.4, 0.5) is 0 Å². The van der Waals surface area contributed by atoms with Gasteiger partial charge in [0.2, 0.25) is 11.8 Å². The minimum absolute atomic E-state index is 0. The van der Waals surface area contributed by atoms with E-state index in [1.54, 1.807) is 4.90 Å². The molecule has 0 aromatic heterocycles. The number of piperidine rings is 1. The number of nitrogens with one attached hydrogen (secondary N) is 1. The zero-order valence-corrected chi connectivity index (χ0v) is 16.9. The predicted octanol–water partition coefficient (Wildman–Crippen LogP) is 1.26. The van der Waals surface area contributed by atoms with Crippen molar-refractivity contribution in [1.29, 1.82) is 0 Å². The zero-order valence-electron chi connectivity index (χ0n) is 15.3. The van der Waals surface area contributed by atoms with E-state index in [2.05, 4.69) is 17.1 Å². The molecule has 8 heteroatoms. The number of amides is 2. The summed E-state index contributed by atoms with van der Waals surface area (Å²) in [4.78, 5) is 28.2. The van der Waals surface area contributed by atoms with Crippen molar-refractivity contribution in [3.8, 4) is 0 Å². The Kier molecular flexibility index (Phi) is 13.6. The van der Waals surface area contributed by atoms with Gasteiger partial charge in [0.15, 0.2) is 0 Å². The van der Waals surface area contributed by atoms with E-state index in [-0.39, 0.29) is 55.1 Å². The number of nitrogens with zero attached hydrogens (tertiary/aromatic N) is 2. The molecule has 0 spiro atoms. The van der Waals surface area contributed by atoms with Gasteiger partial charge in [0, 0.05) is 26.2 Å². The number of likely N-dealkylation sites (tertiary alicyclic amines) is 1. The van der Waals surface area contributed by atoms with E-state index in [9.17, 15) is 9.59 Å². The lowest BCUT2D eigenvalue weighted by molar-refractivity contribution is -0.134. The van der Waals surface area contributed by atoms with E-state index in [0.29, 0.717) is 0 Å². The highest BCUT2D eigenvalue weighted by molar-refractivity contribution is 5.87. The highest BCUT2D eigenvalue weighted by Crippen LogP contribution is 2.15. The van der Waals surface area contributed by atoms with Gasteiger partial charge < -0.3 is 20.9 Å². The van der Waals surface area contributed by atoms with Gasteiger partial charge in [-0.15, -0.1) is 24.8 Å². The van der Waals surface area contributed by atoms with Gasteiger partial charge in [0.05, 0.1) is 12.6 Å². The van der Waals surface area contributed by atoms with E-state index < -0.39 is 6.04 Å². The fourth-order valence-corrected chi connectivity index (χ4v) is 2.76. The van der Waals surface area contributed by atoms with Gasteiger partial charge in [0.25, 0.3) is 0 Å². The standard InChI is InChI=1S/C16H32N4O2.2ClH/c1-5-8-20-9-6-13(7-10-20)19(4)14(21)11-18-16(22)15(17)12(2)3;;/h12-13,15H,5-11,17H2,1-4H3,(H,18,22);2*1H/t15-;;/m0../s1. The number of halogens is 2. The number of carbonyl (C=O) groups is 2. The number of nitrogens with two attached hydrogens (primary N) is 1. The van der Waals surface area contributed by atoms with Crippen LogP contribution >= 0.6 is 24.8 Å². The maximum absolute atomic E-state index is 12.2. The van der Waals surface area contributed by atoms with E-state index in [4.69, 9.17) is 5.73 Å². The first-order valence-electron chi connectivity index (χ1n) is 8.38. The molecule has 1 aliphatic heterocycles. The second kappa shape index (κ2) is 12.8. The molecule has 1 fully saturated rings. The lowest BCUT2D eigenvalue weighted by Crippen LogP contribution is -2.50. The van der Waals surface area contributed by atoms with Crippen LogP contribution in [0.3, 0.4) is 0 Å². The quantitative estimate of drug-likeness (QED) is 0.692. The van der Waals surface area contributed by atoms with Crippen LogP contribution in [0, 0.1) is 5.92 Å². The van der Waals surface area contributed by atoms with Crippen molar-refractivity contribution in [3.63, 3.8) is 0 Å². The Balaban J connectivity index is 0. The Labute approximate surface area is 158 Å². The molecule has 3 N–H and O–H groups in total. The average Bonchev–Trinajstić information content (AvgIpc) is 2.51. The lowest BCUT2D eigenvalue weighted by atomic mass is 10.0. The molecule has 1 rings (SSSR count). The third-order valence-corrected chi connectivity index (χ3v) is 4.47. The van der Waals surface area contributed by atoms with E-state index >= 15 is 0 Å². The molecule has 144 valence electrons. The monoisotopic (exact) mass is 384 g/mol. The highest BCUT2D eigenvalue weighted by Gasteiger charge is 2.25. The Hall–Kier alpha value is -0.560. The van der Waals surface area contributed by atoms with Crippen LogP contribution < -0.4 is 11.1 Å². The first-order valence-corrected chi connectivity index (χ1v) is 8.38. The van der Waals surface area contributed by atoms with Crippen LogP contribution in [0.5, 0.6) is 0 Å². The van der Waals surface area contributed by atoms with Gasteiger partial charge in [0.1, 0.15) is 0 Å². The minimum Gasteiger partial charge on any atom is -0.346 e. The molecule has 6 nitrogen and oxygen atoms in total. The summed E-state index contributed by atoms with van der Waals surface area (Å²) >= 11 is 0. The summed E-state index contributed by atoms with van der Waals surface area (Å²) in [7, 11) is 1.83. The minimum atomic E-state index is -0.560. The van der Waals surface area contributed by atoms with Crippen molar-refractivity contribution in [2.45, 2.75) is 52.1 Å². The number of rotatable bonds is 7. The molecule has 24 heavy (non-hydrogen) atoms. The Bertz CT molecular complexity index is 375. The summed E-state index contributed by atoms with van der Waals surface area (Å²) in [5.41, 5.74) is 5.77. The second-order valence-electron chi connectivity index (χ2n) is 6.57. The number of likely N-dealkylation sites (N-methyl/N-ethyl adjacent to an activating group) is 1. The summed E-state index contributed by atoms with van der Waals surface area (Å²) in [6.07, 6.45) is 3.17. The van der Waals surface area contributed by atoms with Crippen molar-refractivity contribution < 1.29 is 9.59 Å². The summed E-state index contributed by atoms with van der Waals surface area (Å²) in [6.45, 7) is 9.22. The van der Waals surface area contributed by atoms with Crippen LogP contribution in [-0.2, 0) is 9.59 Å². The molecule has 1 heterocycles. The summed E-state index contributed by atoms with van der Waals surface area (Å²) in [5.74, 6) is -0.233. The molecule has 0 radical (unpaired) electrons. The van der Waals surface area contributed by atoms with E-state index in [1.165, 1.54) is 6.42 Å². The molecular weight excluding hydrogens is 351 g/mol. The number of hydrogen-bond donors (Lipinski definition) is 2. The Morgan fingerprint density at radius 1 is 1.25 bits per heavy atom. The molecule has 0 bridgehead atoms. The van der Waals surface area contributed by atoms with Gasteiger partial charge in [-0.3, -0.25) is 9.59 Å². The fourth-order valence-electron chi connectivity index (χ4n) is 2.76. The molecule has 1 atom stereocenters. The molecule has 1 aliphatic rings. The normalized spacial score (nSPS) is 16.8. The molecule has 0 aromatic rings. The van der Waals surface area contributed by atoms with Gasteiger partial charge in [-0.05, 0) is 31.7 Å². The van der Waals surface area contributed by atoms with Crippen LogP contribution in [-0.4, -0.2) is 66.9 Å². The first-order chi connectivity index (χ1) is 10.4. The number of hydrogen-bond acceptors (Lipinski definition) is 4. The van der Waals surface area contributed by atoms with Crippen molar-refractivity contribution >= 4 is 36.6 Å². The maximum Gasteiger partial charge on any atom is 0.241 e. The van der Waals surface area contributed by atoms with Crippen molar-refractivity contribution in [3.05, 3.63) is 0 Å². The summed E-state index contributed by atoms with van der Waals surface area (Å²) in [6, 6.07) is -0.285. The number of carbonyl (C=O) groups excluding carboxylic acids is 2. The SMILES string of the molecule is CCCN1CCC(N(C)C(=O)CNC(=O)[C@@H](N)C(C)C)CC1.Cl.Cl. The molecule has 1 saturated heterocycles. The molecule has 0 unspecified atom stereocenters. The highest BCUT2D eigenvalue weighted by atomic mass is 35.5. The van der Waals surface area contributed by atoms with E-state index in [1.807, 2.05) is 20.9 Å². The third kappa shape index (κ3) is 8.01. The maximum atomic E-state index is 12.2. The molecule has 0 aromatic carbocycles. The van der Waals surface area contributed by atoms with Crippen LogP contribution in [0.25, 0.3) is 0 Å². The Morgan fingerprint density at radius 3 is 2.25 bits per heavy atom. The molecule has 0 saturated carbocycles. The van der Waals surface area contributed by atoms with E-state index in [0.717, 1.165) is 32.5 Å². The largest absolute Gasteiger partial charge is 0.346 e. The first kappa shape index (κ1) is 25.7. The molecule has 2 amide bonds. The van der Waals surface area contributed by atoms with Crippen molar-refractivity contribution in [2.24, 2.45) is 11.7 Å².